The fraction of sp³-hybridized carbons (Fsp3) is 0.0556. The molecule has 0 amide bonds. The molecular formula is C18H14N2O. The number of H-pyrrole nitrogens is 1. The quantitative estimate of drug-likeness (QED) is 0.553. The Morgan fingerprint density at radius 2 is 1.81 bits per heavy atom. The summed E-state index contributed by atoms with van der Waals surface area (Å²) in [5.41, 5.74) is 3.42. The standard InChI is InChI=1S/C18H14N2O/c1-20-11-14(13-7-3-5-9-17(13)20)18(21)16-10-12-6-2-4-8-15(12)19-16/h2-11,19H,1H3. The number of carbonyl (C=O) groups excluding carboxylic acids is 1. The first-order valence-electron chi connectivity index (χ1n) is 6.90. The van der Waals surface area contributed by atoms with Crippen LogP contribution in [0.4, 0.5) is 0 Å². The Morgan fingerprint density at radius 1 is 1.05 bits per heavy atom. The Kier molecular flexibility index (Phi) is 2.48. The molecule has 3 heteroatoms. The first-order valence-corrected chi connectivity index (χ1v) is 6.90. The number of ketones is 1. The summed E-state index contributed by atoms with van der Waals surface area (Å²) in [5.74, 6) is 0.0306. The van der Waals surface area contributed by atoms with Gasteiger partial charge < -0.3 is 9.55 Å². The molecule has 4 aromatic rings. The largest absolute Gasteiger partial charge is 0.352 e. The van der Waals surface area contributed by atoms with E-state index in [9.17, 15) is 4.79 Å². The van der Waals surface area contributed by atoms with Crippen LogP contribution in [-0.4, -0.2) is 15.3 Å². The van der Waals surface area contributed by atoms with Crippen LogP contribution in [0.25, 0.3) is 21.8 Å². The van der Waals surface area contributed by atoms with Crippen molar-refractivity contribution in [3.8, 4) is 0 Å². The number of para-hydroxylation sites is 2. The maximum atomic E-state index is 12.8. The van der Waals surface area contributed by atoms with Crippen molar-refractivity contribution in [2.75, 3.05) is 0 Å². The van der Waals surface area contributed by atoms with Crippen molar-refractivity contribution < 1.29 is 4.79 Å². The average Bonchev–Trinajstić information content (AvgIpc) is 3.09. The van der Waals surface area contributed by atoms with Gasteiger partial charge in [0.1, 0.15) is 0 Å². The van der Waals surface area contributed by atoms with Gasteiger partial charge in [-0.1, -0.05) is 36.4 Å². The van der Waals surface area contributed by atoms with Crippen LogP contribution in [0.5, 0.6) is 0 Å². The molecule has 0 saturated carbocycles. The highest BCUT2D eigenvalue weighted by Gasteiger charge is 2.17. The second-order valence-electron chi connectivity index (χ2n) is 5.27. The lowest BCUT2D eigenvalue weighted by Gasteiger charge is -1.96. The zero-order valence-corrected chi connectivity index (χ0v) is 11.6. The number of benzene rings is 2. The van der Waals surface area contributed by atoms with E-state index < -0.39 is 0 Å². The molecule has 0 unspecified atom stereocenters. The van der Waals surface area contributed by atoms with Crippen molar-refractivity contribution in [3.63, 3.8) is 0 Å². The number of nitrogens with one attached hydrogen (secondary N) is 1. The molecule has 0 aliphatic heterocycles. The first kappa shape index (κ1) is 12.0. The number of aromatic amines is 1. The number of carbonyl (C=O) groups is 1. The van der Waals surface area contributed by atoms with E-state index in [-0.39, 0.29) is 5.78 Å². The Hall–Kier alpha value is -2.81. The summed E-state index contributed by atoms with van der Waals surface area (Å²) in [5, 5.41) is 2.05. The molecular weight excluding hydrogens is 260 g/mol. The molecule has 0 aliphatic rings. The van der Waals surface area contributed by atoms with Gasteiger partial charge in [0, 0.05) is 40.6 Å². The van der Waals surface area contributed by atoms with Crippen LogP contribution in [0.3, 0.4) is 0 Å². The van der Waals surface area contributed by atoms with Crippen molar-refractivity contribution in [2.45, 2.75) is 0 Å². The molecule has 21 heavy (non-hydrogen) atoms. The number of aromatic nitrogens is 2. The lowest BCUT2D eigenvalue weighted by molar-refractivity contribution is 0.103. The van der Waals surface area contributed by atoms with E-state index in [0.29, 0.717) is 5.69 Å². The number of aryl methyl sites for hydroxylation is 1. The molecule has 0 aliphatic carbocycles. The number of hydrogen-bond donors (Lipinski definition) is 1. The van der Waals surface area contributed by atoms with E-state index in [0.717, 1.165) is 27.4 Å². The minimum Gasteiger partial charge on any atom is -0.352 e. The summed E-state index contributed by atoms with van der Waals surface area (Å²) < 4.78 is 1.99. The zero-order chi connectivity index (χ0) is 14.4. The van der Waals surface area contributed by atoms with Crippen LogP contribution in [0.1, 0.15) is 16.1 Å². The van der Waals surface area contributed by atoms with E-state index >= 15 is 0 Å². The molecule has 0 atom stereocenters. The van der Waals surface area contributed by atoms with Gasteiger partial charge in [0.2, 0.25) is 5.78 Å². The molecule has 0 spiro atoms. The monoisotopic (exact) mass is 274 g/mol. The van der Waals surface area contributed by atoms with Gasteiger partial charge in [0.05, 0.1) is 5.69 Å². The minimum atomic E-state index is 0.0306. The molecule has 4 rings (SSSR count). The summed E-state index contributed by atoms with van der Waals surface area (Å²) in [4.78, 5) is 16.0. The predicted octanol–water partition coefficient (Wildman–Crippen LogP) is 3.89. The summed E-state index contributed by atoms with van der Waals surface area (Å²) in [6, 6.07) is 17.8. The highest BCUT2D eigenvalue weighted by Crippen LogP contribution is 2.24. The van der Waals surface area contributed by atoms with E-state index in [1.54, 1.807) is 0 Å². The van der Waals surface area contributed by atoms with Crippen LogP contribution >= 0.6 is 0 Å². The number of hydrogen-bond acceptors (Lipinski definition) is 1. The summed E-state index contributed by atoms with van der Waals surface area (Å²) in [6.45, 7) is 0. The maximum absolute atomic E-state index is 12.8. The number of fused-ring (bicyclic) bond motifs is 2. The van der Waals surface area contributed by atoms with Gasteiger partial charge in [-0.05, 0) is 18.2 Å². The normalized spacial score (nSPS) is 11.3. The van der Waals surface area contributed by atoms with Gasteiger partial charge in [0.15, 0.2) is 0 Å². The van der Waals surface area contributed by atoms with E-state index in [4.69, 9.17) is 0 Å². The molecule has 0 fully saturated rings. The topological polar surface area (TPSA) is 37.8 Å². The Balaban J connectivity index is 1.90. The number of nitrogens with zero attached hydrogens (tertiary/aromatic N) is 1. The predicted molar refractivity (Wildman–Crippen MR) is 84.7 cm³/mol. The highest BCUT2D eigenvalue weighted by molar-refractivity contribution is 6.16. The van der Waals surface area contributed by atoms with Crippen molar-refractivity contribution in [1.82, 2.24) is 9.55 Å². The smallest absolute Gasteiger partial charge is 0.211 e. The molecule has 102 valence electrons. The van der Waals surface area contributed by atoms with Crippen LogP contribution in [0.15, 0.2) is 60.8 Å². The van der Waals surface area contributed by atoms with Crippen molar-refractivity contribution in [3.05, 3.63) is 72.1 Å². The van der Waals surface area contributed by atoms with E-state index in [1.165, 1.54) is 0 Å². The fourth-order valence-corrected chi connectivity index (χ4v) is 2.86. The summed E-state index contributed by atoms with van der Waals surface area (Å²) in [7, 11) is 1.96. The van der Waals surface area contributed by atoms with Crippen LogP contribution in [-0.2, 0) is 7.05 Å². The van der Waals surface area contributed by atoms with Crippen molar-refractivity contribution in [1.29, 1.82) is 0 Å². The Bertz CT molecular complexity index is 942. The number of rotatable bonds is 2. The highest BCUT2D eigenvalue weighted by atomic mass is 16.1. The van der Waals surface area contributed by atoms with Gasteiger partial charge in [-0.3, -0.25) is 4.79 Å². The summed E-state index contributed by atoms with van der Waals surface area (Å²) >= 11 is 0. The third kappa shape index (κ3) is 1.78. The van der Waals surface area contributed by atoms with Gasteiger partial charge in [-0.15, -0.1) is 0 Å². The molecule has 0 saturated heterocycles. The van der Waals surface area contributed by atoms with Gasteiger partial charge in [-0.2, -0.15) is 0 Å². The molecule has 3 nitrogen and oxygen atoms in total. The Morgan fingerprint density at radius 3 is 2.67 bits per heavy atom. The SMILES string of the molecule is Cn1cc(C(=O)c2cc3ccccc3[nH]2)c2ccccc21. The van der Waals surface area contributed by atoms with Gasteiger partial charge >= 0.3 is 0 Å². The third-order valence-corrected chi connectivity index (χ3v) is 3.92. The first-order chi connectivity index (χ1) is 10.2. The molecule has 2 heterocycles. The average molecular weight is 274 g/mol. The lowest BCUT2D eigenvalue weighted by Crippen LogP contribution is -2.00. The maximum Gasteiger partial charge on any atom is 0.211 e. The molecule has 2 aromatic carbocycles. The fourth-order valence-electron chi connectivity index (χ4n) is 2.86. The third-order valence-electron chi connectivity index (χ3n) is 3.92. The zero-order valence-electron chi connectivity index (χ0n) is 11.6. The van der Waals surface area contributed by atoms with Gasteiger partial charge in [0.25, 0.3) is 0 Å². The molecule has 0 bridgehead atoms. The molecule has 0 radical (unpaired) electrons. The lowest BCUT2D eigenvalue weighted by atomic mass is 10.1. The molecule has 2 aromatic heterocycles. The van der Waals surface area contributed by atoms with Crippen LogP contribution in [0.2, 0.25) is 0 Å². The van der Waals surface area contributed by atoms with Crippen LogP contribution in [0, 0.1) is 0 Å². The summed E-state index contributed by atoms with van der Waals surface area (Å²) in [6.07, 6.45) is 1.90. The Labute approximate surface area is 121 Å². The second-order valence-corrected chi connectivity index (χ2v) is 5.27. The second kappa shape index (κ2) is 4.35. The van der Waals surface area contributed by atoms with Crippen molar-refractivity contribution >= 4 is 27.6 Å². The van der Waals surface area contributed by atoms with Gasteiger partial charge in [-0.25, -0.2) is 0 Å². The van der Waals surface area contributed by atoms with Crippen LogP contribution < -0.4 is 0 Å². The van der Waals surface area contributed by atoms with E-state index in [1.807, 2.05) is 72.4 Å². The van der Waals surface area contributed by atoms with Crippen molar-refractivity contribution in [2.24, 2.45) is 7.05 Å². The minimum absolute atomic E-state index is 0.0306. The van der Waals surface area contributed by atoms with E-state index in [2.05, 4.69) is 4.98 Å². The molecule has 1 N–H and O–H groups in total.